The molecule has 4 nitrogen and oxygen atoms in total. The maximum absolute atomic E-state index is 10.9. The summed E-state index contributed by atoms with van der Waals surface area (Å²) in [5, 5.41) is 2.86. The van der Waals surface area contributed by atoms with Gasteiger partial charge in [0.2, 0.25) is 5.91 Å². The second kappa shape index (κ2) is 15.1. The van der Waals surface area contributed by atoms with E-state index in [0.717, 1.165) is 36.2 Å². The fraction of sp³-hybridized carbons (Fsp3) is 0.423. The van der Waals surface area contributed by atoms with Crippen LogP contribution in [0, 0.1) is 27.7 Å². The van der Waals surface area contributed by atoms with Gasteiger partial charge < -0.3 is 5.32 Å². The van der Waals surface area contributed by atoms with Crippen molar-refractivity contribution in [2.75, 3.05) is 0 Å². The minimum atomic E-state index is -0.0645. The van der Waals surface area contributed by atoms with E-state index < -0.39 is 0 Å². The Morgan fingerprint density at radius 2 is 1.67 bits per heavy atom. The van der Waals surface area contributed by atoms with E-state index in [9.17, 15) is 9.59 Å². The minimum absolute atomic E-state index is 0.0645. The predicted octanol–water partition coefficient (Wildman–Crippen LogP) is 6.07. The number of hydrogen-bond donors (Lipinski definition) is 1. The van der Waals surface area contributed by atoms with Gasteiger partial charge in [0.15, 0.2) is 5.78 Å². The van der Waals surface area contributed by atoms with Crippen LogP contribution >= 0.6 is 0 Å². The Labute approximate surface area is 182 Å². The van der Waals surface area contributed by atoms with Gasteiger partial charge >= 0.3 is 0 Å². The summed E-state index contributed by atoms with van der Waals surface area (Å²) in [6.45, 7) is 17.1. The topological polar surface area (TPSA) is 59.1 Å². The molecule has 1 aromatic heterocycles. The van der Waals surface area contributed by atoms with Crippen LogP contribution in [0.2, 0.25) is 0 Å². The molecule has 2 aromatic rings. The molecule has 1 amide bonds. The van der Waals surface area contributed by atoms with Gasteiger partial charge in [-0.15, -0.1) is 0 Å². The van der Waals surface area contributed by atoms with Crippen molar-refractivity contribution in [3.05, 3.63) is 77.1 Å². The molecule has 2 rings (SSSR count). The minimum Gasteiger partial charge on any atom is -0.350 e. The van der Waals surface area contributed by atoms with Gasteiger partial charge in [-0.25, -0.2) is 0 Å². The molecule has 0 aliphatic carbocycles. The first kappa shape index (κ1) is 27.2. The number of nitrogens with one attached hydrogen (secondary N) is 1. The molecule has 0 saturated carbocycles. The number of rotatable bonds is 6. The highest BCUT2D eigenvalue weighted by molar-refractivity contribution is 5.95. The zero-order valence-corrected chi connectivity index (χ0v) is 19.7. The fourth-order valence-corrected chi connectivity index (χ4v) is 2.85. The molecule has 4 heteroatoms. The van der Waals surface area contributed by atoms with Gasteiger partial charge in [-0.05, 0) is 65.7 Å². The Kier molecular flexibility index (Phi) is 13.8. The standard InChI is InChI=1S/C9H11NO.C9H17NO.C8H10/c1-6-4-5-9(8(3)11)7(2)10-6;1-4-7-8(5-2)10-9(11)6-3;1-7-4-3-5-8(2)6-7/h4-5H,1-3H3;6,8H,3-5,7H2,1-2H3,(H,10,11);3-6H,1-2H3. The average molecular weight is 411 g/mol. The van der Waals surface area contributed by atoms with E-state index in [1.807, 2.05) is 26.0 Å². The first-order valence-electron chi connectivity index (χ1n) is 10.6. The van der Waals surface area contributed by atoms with Crippen molar-refractivity contribution < 1.29 is 9.59 Å². The van der Waals surface area contributed by atoms with Crippen LogP contribution in [-0.4, -0.2) is 22.7 Å². The van der Waals surface area contributed by atoms with E-state index in [2.05, 4.69) is 68.8 Å². The molecule has 0 saturated heterocycles. The summed E-state index contributed by atoms with van der Waals surface area (Å²) in [5.74, 6) is 0.0142. The van der Waals surface area contributed by atoms with Crippen LogP contribution in [0.1, 0.15) is 72.9 Å². The Hall–Kier alpha value is -2.75. The van der Waals surface area contributed by atoms with Crippen LogP contribution in [0.25, 0.3) is 0 Å². The van der Waals surface area contributed by atoms with Crippen molar-refractivity contribution >= 4 is 11.7 Å². The monoisotopic (exact) mass is 410 g/mol. The highest BCUT2D eigenvalue weighted by Gasteiger charge is 2.05. The van der Waals surface area contributed by atoms with Crippen LogP contribution in [-0.2, 0) is 4.79 Å². The Morgan fingerprint density at radius 3 is 2.03 bits per heavy atom. The van der Waals surface area contributed by atoms with Crippen LogP contribution in [0.5, 0.6) is 0 Å². The smallest absolute Gasteiger partial charge is 0.243 e. The summed E-state index contributed by atoms with van der Waals surface area (Å²) < 4.78 is 0. The molecule has 0 aliphatic rings. The molecule has 1 unspecified atom stereocenters. The number of hydrogen-bond acceptors (Lipinski definition) is 3. The van der Waals surface area contributed by atoms with E-state index in [0.29, 0.717) is 6.04 Å². The SMILES string of the molecule is C=CC(=O)NC(CC)CCC.CC(=O)c1ccc(C)nc1C.Cc1cccc(C)c1. The number of benzene rings is 1. The second-order valence-electron chi connectivity index (χ2n) is 7.41. The van der Waals surface area contributed by atoms with Crippen molar-refractivity contribution in [2.45, 2.75) is 73.8 Å². The summed E-state index contributed by atoms with van der Waals surface area (Å²) in [7, 11) is 0. The molecular formula is C26H38N2O2. The lowest BCUT2D eigenvalue weighted by Gasteiger charge is -2.13. The van der Waals surface area contributed by atoms with Gasteiger partial charge in [-0.3, -0.25) is 14.6 Å². The van der Waals surface area contributed by atoms with Crippen molar-refractivity contribution in [1.82, 2.24) is 10.3 Å². The van der Waals surface area contributed by atoms with E-state index >= 15 is 0 Å². The average Bonchev–Trinajstić information content (AvgIpc) is 2.68. The molecule has 30 heavy (non-hydrogen) atoms. The molecular weight excluding hydrogens is 372 g/mol. The lowest BCUT2D eigenvalue weighted by Crippen LogP contribution is -2.32. The highest BCUT2D eigenvalue weighted by atomic mass is 16.1. The van der Waals surface area contributed by atoms with Gasteiger partial charge in [-0.1, -0.05) is 62.2 Å². The van der Waals surface area contributed by atoms with E-state index in [1.54, 1.807) is 6.92 Å². The van der Waals surface area contributed by atoms with Crippen molar-refractivity contribution in [2.24, 2.45) is 0 Å². The van der Waals surface area contributed by atoms with Gasteiger partial charge in [0.25, 0.3) is 0 Å². The van der Waals surface area contributed by atoms with E-state index in [-0.39, 0.29) is 11.7 Å². The zero-order valence-electron chi connectivity index (χ0n) is 19.7. The van der Waals surface area contributed by atoms with Gasteiger partial charge in [0.05, 0.1) is 0 Å². The highest BCUT2D eigenvalue weighted by Crippen LogP contribution is 2.06. The van der Waals surface area contributed by atoms with Crippen molar-refractivity contribution in [3.63, 3.8) is 0 Å². The molecule has 0 fully saturated rings. The summed E-state index contributed by atoms with van der Waals surface area (Å²) in [6, 6.07) is 12.4. The third kappa shape index (κ3) is 11.9. The maximum Gasteiger partial charge on any atom is 0.243 e. The zero-order chi connectivity index (χ0) is 23.1. The number of pyridine rings is 1. The molecule has 164 valence electrons. The van der Waals surface area contributed by atoms with Crippen LogP contribution in [0.15, 0.2) is 49.1 Å². The van der Waals surface area contributed by atoms with Gasteiger partial charge in [0.1, 0.15) is 0 Å². The van der Waals surface area contributed by atoms with Crippen molar-refractivity contribution in [1.29, 1.82) is 0 Å². The number of aryl methyl sites for hydroxylation is 4. The second-order valence-corrected chi connectivity index (χ2v) is 7.41. The lowest BCUT2D eigenvalue weighted by molar-refractivity contribution is -0.117. The molecule has 1 heterocycles. The van der Waals surface area contributed by atoms with Crippen LogP contribution < -0.4 is 5.32 Å². The van der Waals surface area contributed by atoms with E-state index in [4.69, 9.17) is 0 Å². The summed E-state index contributed by atoms with van der Waals surface area (Å²) in [5.41, 5.74) is 5.16. The Balaban J connectivity index is 0.000000426. The molecule has 0 bridgehead atoms. The largest absolute Gasteiger partial charge is 0.350 e. The number of carbonyl (C=O) groups excluding carboxylic acids is 2. The molecule has 1 N–H and O–H groups in total. The first-order valence-corrected chi connectivity index (χ1v) is 10.6. The quantitative estimate of drug-likeness (QED) is 0.464. The van der Waals surface area contributed by atoms with Crippen LogP contribution in [0.4, 0.5) is 0 Å². The number of Topliss-reactive ketones (excluding diaryl/α,β-unsaturated/α-hetero) is 1. The number of aromatic nitrogens is 1. The number of ketones is 1. The predicted molar refractivity (Wildman–Crippen MR) is 127 cm³/mol. The molecule has 1 aromatic carbocycles. The summed E-state index contributed by atoms with van der Waals surface area (Å²) >= 11 is 0. The maximum atomic E-state index is 10.9. The van der Waals surface area contributed by atoms with Crippen LogP contribution in [0.3, 0.4) is 0 Å². The molecule has 1 atom stereocenters. The molecule has 0 aliphatic heterocycles. The number of amides is 1. The first-order chi connectivity index (χ1) is 14.1. The van der Waals surface area contributed by atoms with Crippen molar-refractivity contribution in [3.8, 4) is 0 Å². The lowest BCUT2D eigenvalue weighted by atomic mass is 10.1. The molecule has 0 radical (unpaired) electrons. The number of carbonyl (C=O) groups is 2. The normalized spacial score (nSPS) is 10.5. The number of nitrogens with zero attached hydrogens (tertiary/aromatic N) is 1. The Bertz CT molecular complexity index is 795. The third-order valence-electron chi connectivity index (χ3n) is 4.44. The van der Waals surface area contributed by atoms with Gasteiger partial charge in [-0.2, -0.15) is 0 Å². The third-order valence-corrected chi connectivity index (χ3v) is 4.44. The fourth-order valence-electron chi connectivity index (χ4n) is 2.85. The molecule has 0 spiro atoms. The van der Waals surface area contributed by atoms with Gasteiger partial charge in [0, 0.05) is 23.0 Å². The summed E-state index contributed by atoms with van der Waals surface area (Å²) in [6.07, 6.45) is 4.47. The Morgan fingerprint density at radius 1 is 1.07 bits per heavy atom. The van der Waals surface area contributed by atoms with E-state index in [1.165, 1.54) is 17.2 Å². The summed E-state index contributed by atoms with van der Waals surface area (Å²) in [4.78, 5) is 25.9.